The maximum absolute atomic E-state index is 12.8. The van der Waals surface area contributed by atoms with Crippen molar-refractivity contribution in [3.63, 3.8) is 0 Å². The fourth-order valence-electron chi connectivity index (χ4n) is 2.78. The predicted molar refractivity (Wildman–Crippen MR) is 99.9 cm³/mol. The normalized spacial score (nSPS) is 12.0. The summed E-state index contributed by atoms with van der Waals surface area (Å²) in [6, 6.07) is 12.7. The van der Waals surface area contributed by atoms with Gasteiger partial charge >= 0.3 is 5.97 Å². The first-order valence-corrected chi connectivity index (χ1v) is 8.66. The minimum absolute atomic E-state index is 0.122. The first-order valence-electron chi connectivity index (χ1n) is 7.85. The summed E-state index contributed by atoms with van der Waals surface area (Å²) in [5.74, 6) is 0.325. The van der Waals surface area contributed by atoms with E-state index in [4.69, 9.17) is 9.47 Å². The largest absolute Gasteiger partial charge is 0.493 e. The molecule has 0 bridgehead atoms. The van der Waals surface area contributed by atoms with Gasteiger partial charge < -0.3 is 9.47 Å². The third-order valence-electron chi connectivity index (χ3n) is 3.88. The zero-order valence-electron chi connectivity index (χ0n) is 14.1. The summed E-state index contributed by atoms with van der Waals surface area (Å²) < 4.78 is 12.5. The molecule has 0 aliphatic heterocycles. The molecule has 0 amide bonds. The molecular formula is C19H14N2O4S. The lowest BCUT2D eigenvalue weighted by Gasteiger charge is -2.08. The van der Waals surface area contributed by atoms with Gasteiger partial charge in [-0.3, -0.25) is 9.59 Å². The lowest BCUT2D eigenvalue weighted by molar-refractivity contribution is -0.132. The number of carbonyl (C=O) groups excluding carboxylic acids is 1. The highest BCUT2D eigenvalue weighted by molar-refractivity contribution is 7.15. The molecule has 4 aromatic rings. The third-order valence-corrected chi connectivity index (χ3v) is 4.85. The fourth-order valence-corrected chi connectivity index (χ4v) is 3.77. The third kappa shape index (κ3) is 2.72. The van der Waals surface area contributed by atoms with Crippen LogP contribution in [0.15, 0.2) is 47.3 Å². The second-order valence-electron chi connectivity index (χ2n) is 5.64. The van der Waals surface area contributed by atoms with Crippen LogP contribution in [0.5, 0.6) is 11.5 Å². The highest BCUT2D eigenvalue weighted by Crippen LogP contribution is 2.28. The summed E-state index contributed by atoms with van der Waals surface area (Å²) in [7, 11) is 1.50. The van der Waals surface area contributed by atoms with Crippen molar-refractivity contribution in [3.05, 3.63) is 62.9 Å². The zero-order valence-corrected chi connectivity index (χ0v) is 14.9. The lowest BCUT2D eigenvalue weighted by Crippen LogP contribution is -2.22. The van der Waals surface area contributed by atoms with E-state index in [2.05, 4.69) is 4.98 Å². The lowest BCUT2D eigenvalue weighted by atomic mass is 10.2. The summed E-state index contributed by atoms with van der Waals surface area (Å²) in [5, 5.41) is 0. The molecule has 0 radical (unpaired) electrons. The van der Waals surface area contributed by atoms with Crippen molar-refractivity contribution in [3.8, 4) is 11.5 Å². The molecule has 0 fully saturated rings. The summed E-state index contributed by atoms with van der Waals surface area (Å²) in [4.78, 5) is 29.2. The Morgan fingerprint density at radius 1 is 1.19 bits per heavy atom. The molecule has 0 unspecified atom stereocenters. The molecule has 130 valence electrons. The van der Waals surface area contributed by atoms with Crippen LogP contribution < -0.4 is 19.6 Å². The van der Waals surface area contributed by atoms with E-state index in [0.717, 1.165) is 16.6 Å². The number of carbonyl (C=O) groups is 1. The number of para-hydroxylation sites is 2. The minimum atomic E-state index is -0.439. The molecule has 2 aromatic heterocycles. The van der Waals surface area contributed by atoms with Crippen LogP contribution in [0.25, 0.3) is 22.1 Å². The van der Waals surface area contributed by atoms with E-state index in [0.29, 0.717) is 21.0 Å². The van der Waals surface area contributed by atoms with Gasteiger partial charge in [0.15, 0.2) is 16.5 Å². The van der Waals surface area contributed by atoms with Crippen LogP contribution in [0.1, 0.15) is 12.5 Å². The molecule has 0 aliphatic carbocycles. The highest BCUT2D eigenvalue weighted by atomic mass is 32.1. The number of hydrogen-bond donors (Lipinski definition) is 0. The number of benzene rings is 2. The molecule has 2 aromatic carbocycles. The van der Waals surface area contributed by atoms with Gasteiger partial charge in [0.2, 0.25) is 0 Å². The minimum Gasteiger partial charge on any atom is -0.493 e. The Hall–Kier alpha value is -3.19. The van der Waals surface area contributed by atoms with Crippen molar-refractivity contribution in [2.45, 2.75) is 6.92 Å². The molecule has 7 heteroatoms. The van der Waals surface area contributed by atoms with Crippen LogP contribution in [0, 0.1) is 0 Å². The van der Waals surface area contributed by atoms with Gasteiger partial charge in [0.25, 0.3) is 5.56 Å². The molecule has 0 atom stereocenters. The van der Waals surface area contributed by atoms with Gasteiger partial charge in [-0.1, -0.05) is 29.5 Å². The van der Waals surface area contributed by atoms with Crippen molar-refractivity contribution in [2.75, 3.05) is 7.11 Å². The Kier molecular flexibility index (Phi) is 3.93. The van der Waals surface area contributed by atoms with Gasteiger partial charge in [0.05, 0.1) is 22.7 Å². The Bertz CT molecular complexity index is 1260. The topological polar surface area (TPSA) is 69.9 Å². The van der Waals surface area contributed by atoms with Crippen LogP contribution in [0.2, 0.25) is 0 Å². The van der Waals surface area contributed by atoms with E-state index < -0.39 is 5.97 Å². The number of nitrogens with zero attached hydrogens (tertiary/aromatic N) is 2. The quantitative estimate of drug-likeness (QED) is 0.411. The number of imidazole rings is 1. The fraction of sp³-hybridized carbons (Fsp3) is 0.105. The number of hydrogen-bond acceptors (Lipinski definition) is 6. The number of esters is 1. The second-order valence-corrected chi connectivity index (χ2v) is 6.65. The molecule has 0 saturated carbocycles. The summed E-state index contributed by atoms with van der Waals surface area (Å²) in [6.07, 6.45) is 1.75. The number of aromatic nitrogens is 2. The van der Waals surface area contributed by atoms with Crippen LogP contribution in [0.3, 0.4) is 0 Å². The molecule has 0 saturated heterocycles. The van der Waals surface area contributed by atoms with Crippen LogP contribution in [-0.2, 0) is 4.79 Å². The number of methoxy groups -OCH3 is 1. The maximum Gasteiger partial charge on any atom is 0.308 e. The maximum atomic E-state index is 12.8. The molecule has 4 rings (SSSR count). The number of thiazole rings is 1. The first kappa shape index (κ1) is 16.3. The van der Waals surface area contributed by atoms with Crippen molar-refractivity contribution < 1.29 is 14.3 Å². The molecule has 6 nitrogen and oxygen atoms in total. The predicted octanol–water partition coefficient (Wildman–Crippen LogP) is 2.39. The number of fused-ring (bicyclic) bond motifs is 3. The molecule has 0 spiro atoms. The van der Waals surface area contributed by atoms with Crippen molar-refractivity contribution >= 4 is 39.4 Å². The van der Waals surface area contributed by atoms with Gasteiger partial charge in [0.1, 0.15) is 0 Å². The van der Waals surface area contributed by atoms with E-state index in [1.54, 1.807) is 28.7 Å². The van der Waals surface area contributed by atoms with Crippen molar-refractivity contribution in [1.82, 2.24) is 9.38 Å². The second kappa shape index (κ2) is 6.27. The van der Waals surface area contributed by atoms with Crippen LogP contribution in [0.4, 0.5) is 0 Å². The molecule has 0 N–H and O–H groups in total. The number of rotatable bonds is 3. The summed E-state index contributed by atoms with van der Waals surface area (Å²) in [5.41, 5.74) is 2.19. The van der Waals surface area contributed by atoms with E-state index in [1.807, 2.05) is 24.3 Å². The molecule has 0 aliphatic rings. The Balaban J connectivity index is 1.87. The van der Waals surface area contributed by atoms with E-state index in [1.165, 1.54) is 25.4 Å². The monoisotopic (exact) mass is 366 g/mol. The van der Waals surface area contributed by atoms with Gasteiger partial charge in [-0.15, -0.1) is 0 Å². The highest BCUT2D eigenvalue weighted by Gasteiger charge is 2.11. The Morgan fingerprint density at radius 3 is 2.77 bits per heavy atom. The average molecular weight is 366 g/mol. The average Bonchev–Trinajstić information content (AvgIpc) is 3.11. The van der Waals surface area contributed by atoms with Crippen LogP contribution in [-0.4, -0.2) is 22.5 Å². The smallest absolute Gasteiger partial charge is 0.308 e. The summed E-state index contributed by atoms with van der Waals surface area (Å²) >= 11 is 1.32. The molecule has 26 heavy (non-hydrogen) atoms. The zero-order chi connectivity index (χ0) is 18.3. The van der Waals surface area contributed by atoms with E-state index >= 15 is 0 Å². The number of ether oxygens (including phenoxy) is 2. The SMILES string of the molecule is COc1ccc(/C=c2/sc3nc4ccccc4n3c2=O)cc1OC(C)=O. The van der Waals surface area contributed by atoms with E-state index in [-0.39, 0.29) is 5.56 Å². The molecule has 2 heterocycles. The van der Waals surface area contributed by atoms with Gasteiger partial charge in [-0.2, -0.15) is 0 Å². The van der Waals surface area contributed by atoms with Gasteiger partial charge in [0, 0.05) is 6.92 Å². The molecular weight excluding hydrogens is 352 g/mol. The van der Waals surface area contributed by atoms with E-state index in [9.17, 15) is 9.59 Å². The van der Waals surface area contributed by atoms with Crippen molar-refractivity contribution in [2.24, 2.45) is 0 Å². The van der Waals surface area contributed by atoms with Gasteiger partial charge in [-0.05, 0) is 35.9 Å². The Labute approximate surface area is 151 Å². The standard InChI is InChI=1S/C19H14N2O4S/c1-11(22)25-16-9-12(7-8-15(16)24-2)10-17-18(23)21-14-6-4-3-5-13(14)20-19(21)26-17/h3-10H,1-2H3/b17-10+. The van der Waals surface area contributed by atoms with Crippen LogP contribution >= 0.6 is 11.3 Å². The first-order chi connectivity index (χ1) is 12.6. The van der Waals surface area contributed by atoms with Crippen molar-refractivity contribution in [1.29, 1.82) is 0 Å². The summed E-state index contributed by atoms with van der Waals surface area (Å²) in [6.45, 7) is 1.32. The van der Waals surface area contributed by atoms with Gasteiger partial charge in [-0.25, -0.2) is 9.38 Å². The Morgan fingerprint density at radius 2 is 2.00 bits per heavy atom.